The first-order chi connectivity index (χ1) is 9.70. The summed E-state index contributed by atoms with van der Waals surface area (Å²) in [5, 5.41) is 20.9. The molecule has 1 aromatic heterocycles. The van der Waals surface area contributed by atoms with Gasteiger partial charge in [0.25, 0.3) is 0 Å². The molecule has 0 atom stereocenters. The summed E-state index contributed by atoms with van der Waals surface area (Å²) in [7, 11) is 0. The Bertz CT molecular complexity index is 640. The average molecular weight is 294 g/mol. The zero-order chi connectivity index (χ0) is 14.1. The number of aromatic hydroxyl groups is 1. The number of nitrogens with one attached hydrogen (secondary N) is 2. The lowest BCUT2D eigenvalue weighted by molar-refractivity contribution is 0.318. The maximum Gasteiger partial charge on any atom is 0.176 e. The van der Waals surface area contributed by atoms with Crippen LogP contribution in [-0.2, 0) is 13.0 Å². The van der Waals surface area contributed by atoms with E-state index in [1.165, 1.54) is 0 Å². The van der Waals surface area contributed by atoms with Crippen LogP contribution in [0.2, 0.25) is 5.02 Å². The molecule has 0 spiro atoms. The molecule has 3 N–H and O–H groups in total. The van der Waals surface area contributed by atoms with Crippen LogP contribution in [0, 0.1) is 0 Å². The average Bonchev–Trinajstić information content (AvgIpc) is 2.88. The lowest BCUT2D eigenvalue weighted by Crippen LogP contribution is -2.23. The van der Waals surface area contributed by atoms with Gasteiger partial charge in [0.15, 0.2) is 11.5 Å². The second-order valence-corrected chi connectivity index (χ2v) is 5.10. The van der Waals surface area contributed by atoms with Crippen molar-refractivity contribution >= 4 is 11.6 Å². The Hall–Kier alpha value is -1.72. The van der Waals surface area contributed by atoms with E-state index >= 15 is 0 Å². The summed E-state index contributed by atoms with van der Waals surface area (Å²) in [6.45, 7) is 4.06. The van der Waals surface area contributed by atoms with Crippen LogP contribution < -0.4 is 10.1 Å². The van der Waals surface area contributed by atoms with Crippen molar-refractivity contribution in [1.82, 2.24) is 15.5 Å². The minimum Gasteiger partial charge on any atom is -0.503 e. The molecule has 0 saturated carbocycles. The summed E-state index contributed by atoms with van der Waals surface area (Å²) in [6.07, 6.45) is 0.937. The number of rotatable bonds is 3. The fraction of sp³-hybridized carbons (Fsp3) is 0.357. The van der Waals surface area contributed by atoms with E-state index in [0.717, 1.165) is 42.0 Å². The summed E-state index contributed by atoms with van der Waals surface area (Å²) < 4.78 is 5.41. The van der Waals surface area contributed by atoms with Crippen molar-refractivity contribution in [2.45, 2.75) is 19.9 Å². The molecule has 0 saturated heterocycles. The number of aromatic amines is 1. The van der Waals surface area contributed by atoms with Crippen LogP contribution in [0.5, 0.6) is 11.5 Å². The van der Waals surface area contributed by atoms with Gasteiger partial charge >= 0.3 is 0 Å². The fourth-order valence-corrected chi connectivity index (χ4v) is 2.65. The maximum atomic E-state index is 9.89. The Labute approximate surface area is 121 Å². The SMILES string of the molecule is CCOc1cc(-c2n[nH]c3c2CNCC3)cc(Cl)c1O. The fourth-order valence-electron chi connectivity index (χ4n) is 2.44. The van der Waals surface area contributed by atoms with Gasteiger partial charge in [0.2, 0.25) is 0 Å². The minimum atomic E-state index is -0.0280. The van der Waals surface area contributed by atoms with E-state index in [2.05, 4.69) is 15.5 Å². The lowest BCUT2D eigenvalue weighted by Gasteiger charge is -2.14. The molecule has 0 radical (unpaired) electrons. The van der Waals surface area contributed by atoms with Crippen molar-refractivity contribution in [3.63, 3.8) is 0 Å². The van der Waals surface area contributed by atoms with Crippen LogP contribution in [-0.4, -0.2) is 28.5 Å². The number of H-pyrrole nitrogens is 1. The number of hydrogen-bond donors (Lipinski definition) is 3. The zero-order valence-electron chi connectivity index (χ0n) is 11.2. The smallest absolute Gasteiger partial charge is 0.176 e. The molecule has 0 bridgehead atoms. The van der Waals surface area contributed by atoms with Crippen LogP contribution in [0.3, 0.4) is 0 Å². The highest BCUT2D eigenvalue weighted by Gasteiger charge is 2.20. The number of nitrogens with zero attached hydrogens (tertiary/aromatic N) is 1. The zero-order valence-corrected chi connectivity index (χ0v) is 11.9. The van der Waals surface area contributed by atoms with Gasteiger partial charge in [-0.2, -0.15) is 5.10 Å². The molecule has 5 nitrogen and oxygen atoms in total. The monoisotopic (exact) mass is 293 g/mol. The van der Waals surface area contributed by atoms with Crippen molar-refractivity contribution in [2.75, 3.05) is 13.2 Å². The maximum absolute atomic E-state index is 9.89. The summed E-state index contributed by atoms with van der Waals surface area (Å²) in [4.78, 5) is 0. The highest BCUT2D eigenvalue weighted by molar-refractivity contribution is 6.32. The largest absolute Gasteiger partial charge is 0.503 e. The summed E-state index contributed by atoms with van der Waals surface area (Å²) >= 11 is 6.07. The molecule has 106 valence electrons. The van der Waals surface area contributed by atoms with Crippen molar-refractivity contribution in [3.8, 4) is 22.8 Å². The third-order valence-corrected chi connectivity index (χ3v) is 3.70. The molecule has 1 aromatic carbocycles. The Morgan fingerprint density at radius 3 is 3.10 bits per heavy atom. The summed E-state index contributed by atoms with van der Waals surface area (Å²) in [5.41, 5.74) is 4.01. The van der Waals surface area contributed by atoms with Gasteiger partial charge in [-0.1, -0.05) is 11.6 Å². The summed E-state index contributed by atoms with van der Waals surface area (Å²) in [6, 6.07) is 3.49. The van der Waals surface area contributed by atoms with Gasteiger partial charge in [0.05, 0.1) is 17.3 Å². The number of benzene rings is 1. The van der Waals surface area contributed by atoms with Gasteiger partial charge in [0, 0.05) is 36.3 Å². The number of phenolic OH excluding ortho intramolecular Hbond substituents is 1. The van der Waals surface area contributed by atoms with E-state index in [-0.39, 0.29) is 10.8 Å². The van der Waals surface area contributed by atoms with Crippen LogP contribution in [0.1, 0.15) is 18.2 Å². The number of ether oxygens (including phenoxy) is 1. The van der Waals surface area contributed by atoms with Crippen LogP contribution in [0.25, 0.3) is 11.3 Å². The quantitative estimate of drug-likeness (QED) is 0.813. The number of fused-ring (bicyclic) bond motifs is 1. The van der Waals surface area contributed by atoms with E-state index in [4.69, 9.17) is 16.3 Å². The van der Waals surface area contributed by atoms with E-state index in [1.54, 1.807) is 12.1 Å². The first-order valence-electron chi connectivity index (χ1n) is 6.63. The van der Waals surface area contributed by atoms with E-state index in [1.807, 2.05) is 6.92 Å². The molecule has 0 unspecified atom stereocenters. The van der Waals surface area contributed by atoms with E-state index in [0.29, 0.717) is 12.4 Å². The predicted molar refractivity (Wildman–Crippen MR) is 77.3 cm³/mol. The second kappa shape index (κ2) is 5.34. The molecule has 3 rings (SSSR count). The standard InChI is InChI=1S/C14H16ClN3O2/c1-2-20-12-6-8(5-10(15)14(12)19)13-9-7-16-4-3-11(9)17-18-13/h5-6,16,19H,2-4,7H2,1H3,(H,17,18). The van der Waals surface area contributed by atoms with Gasteiger partial charge in [-0.05, 0) is 19.1 Å². The molecule has 0 fully saturated rings. The number of halogens is 1. The summed E-state index contributed by atoms with van der Waals surface area (Å²) in [5.74, 6) is 0.357. The van der Waals surface area contributed by atoms with Gasteiger partial charge in [-0.3, -0.25) is 5.10 Å². The lowest BCUT2D eigenvalue weighted by atomic mass is 10.0. The highest BCUT2D eigenvalue weighted by atomic mass is 35.5. The third-order valence-electron chi connectivity index (χ3n) is 3.41. The number of hydrogen-bond acceptors (Lipinski definition) is 4. The first-order valence-corrected chi connectivity index (χ1v) is 7.01. The van der Waals surface area contributed by atoms with Crippen LogP contribution in [0.15, 0.2) is 12.1 Å². The van der Waals surface area contributed by atoms with E-state index < -0.39 is 0 Å². The van der Waals surface area contributed by atoms with Gasteiger partial charge < -0.3 is 15.2 Å². The first kappa shape index (κ1) is 13.3. The molecule has 6 heteroatoms. The molecule has 2 heterocycles. The normalized spacial score (nSPS) is 14.1. The Morgan fingerprint density at radius 1 is 1.45 bits per heavy atom. The topological polar surface area (TPSA) is 70.2 Å². The number of phenols is 1. The molecule has 0 amide bonds. The van der Waals surface area contributed by atoms with Crippen molar-refractivity contribution in [2.24, 2.45) is 0 Å². The molecule has 20 heavy (non-hydrogen) atoms. The molecule has 2 aromatic rings. The minimum absolute atomic E-state index is 0.0280. The molecular formula is C14H16ClN3O2. The molecule has 1 aliphatic rings. The van der Waals surface area contributed by atoms with Gasteiger partial charge in [0.1, 0.15) is 0 Å². The molecule has 1 aliphatic heterocycles. The molecular weight excluding hydrogens is 278 g/mol. The van der Waals surface area contributed by atoms with Crippen LogP contribution >= 0.6 is 11.6 Å². The predicted octanol–water partition coefficient (Wildman–Crippen LogP) is 2.48. The second-order valence-electron chi connectivity index (χ2n) is 4.69. The van der Waals surface area contributed by atoms with E-state index in [9.17, 15) is 5.11 Å². The van der Waals surface area contributed by atoms with Gasteiger partial charge in [-0.25, -0.2) is 0 Å². The van der Waals surface area contributed by atoms with Crippen LogP contribution in [0.4, 0.5) is 0 Å². The highest BCUT2D eigenvalue weighted by Crippen LogP contribution is 2.39. The Balaban J connectivity index is 2.08. The Kier molecular flexibility index (Phi) is 3.54. The third kappa shape index (κ3) is 2.23. The van der Waals surface area contributed by atoms with Crippen molar-refractivity contribution < 1.29 is 9.84 Å². The molecule has 0 aliphatic carbocycles. The Morgan fingerprint density at radius 2 is 2.30 bits per heavy atom. The van der Waals surface area contributed by atoms with Gasteiger partial charge in [-0.15, -0.1) is 0 Å². The van der Waals surface area contributed by atoms with Crippen molar-refractivity contribution in [1.29, 1.82) is 0 Å². The number of aromatic nitrogens is 2. The van der Waals surface area contributed by atoms with Crippen molar-refractivity contribution in [3.05, 3.63) is 28.4 Å².